The molecule has 94 valence electrons. The molecule has 0 aliphatic carbocycles. The molecule has 1 amide bonds. The van der Waals surface area contributed by atoms with Crippen LogP contribution in [-0.2, 0) is 4.79 Å². The average molecular weight is 235 g/mol. The van der Waals surface area contributed by atoms with Gasteiger partial charge in [0.2, 0.25) is 5.91 Å². The third-order valence-electron chi connectivity index (χ3n) is 2.51. The highest BCUT2D eigenvalue weighted by Crippen LogP contribution is 2.01. The molecule has 1 aromatic heterocycles. The minimum Gasteiger partial charge on any atom is -0.353 e. The number of aromatic amines is 1. The Morgan fingerprint density at radius 1 is 1.41 bits per heavy atom. The Balaban J connectivity index is 2.05. The van der Waals surface area contributed by atoms with Crippen molar-refractivity contribution >= 4 is 12.0 Å². The van der Waals surface area contributed by atoms with Gasteiger partial charge in [-0.2, -0.15) is 0 Å². The van der Waals surface area contributed by atoms with Crippen LogP contribution in [0.3, 0.4) is 0 Å². The Morgan fingerprint density at radius 2 is 2.24 bits per heavy atom. The van der Waals surface area contributed by atoms with E-state index in [9.17, 15) is 4.79 Å². The number of unbranched alkanes of at least 4 members (excludes halogenated alkanes) is 4. The zero-order chi connectivity index (χ0) is 12.3. The molecule has 0 fully saturated rings. The van der Waals surface area contributed by atoms with Crippen LogP contribution in [0.5, 0.6) is 0 Å². The molecular formula is C13H21N3O. The molecule has 0 aromatic carbocycles. The van der Waals surface area contributed by atoms with Gasteiger partial charge in [-0.1, -0.05) is 32.6 Å². The summed E-state index contributed by atoms with van der Waals surface area (Å²) in [4.78, 5) is 18.2. The topological polar surface area (TPSA) is 57.8 Å². The summed E-state index contributed by atoms with van der Waals surface area (Å²) in [5, 5.41) is 2.86. The number of H-pyrrole nitrogens is 1. The van der Waals surface area contributed by atoms with Crippen molar-refractivity contribution in [2.24, 2.45) is 0 Å². The number of imidazole rings is 1. The van der Waals surface area contributed by atoms with E-state index in [1.807, 2.05) is 0 Å². The standard InChI is InChI=1S/C13H21N3O/c1-2-3-4-5-6-9-15-13(17)8-7-12-10-14-11-16-12/h7-8,10-11H,2-6,9H2,1H3,(H,14,16)(H,15,17). The lowest BCUT2D eigenvalue weighted by Crippen LogP contribution is -2.21. The van der Waals surface area contributed by atoms with Crippen molar-refractivity contribution in [2.75, 3.05) is 6.54 Å². The van der Waals surface area contributed by atoms with E-state index in [0.717, 1.165) is 18.7 Å². The van der Waals surface area contributed by atoms with E-state index in [4.69, 9.17) is 0 Å². The number of hydrogen-bond donors (Lipinski definition) is 2. The van der Waals surface area contributed by atoms with Gasteiger partial charge in [0.25, 0.3) is 0 Å². The number of carbonyl (C=O) groups excluding carboxylic acids is 1. The zero-order valence-electron chi connectivity index (χ0n) is 10.4. The van der Waals surface area contributed by atoms with Crippen LogP contribution in [0.15, 0.2) is 18.6 Å². The fourth-order valence-corrected chi connectivity index (χ4v) is 1.52. The molecule has 0 aliphatic heterocycles. The van der Waals surface area contributed by atoms with Crippen molar-refractivity contribution < 1.29 is 4.79 Å². The second-order valence-electron chi connectivity index (χ2n) is 4.05. The summed E-state index contributed by atoms with van der Waals surface area (Å²) in [5.74, 6) is -0.0462. The van der Waals surface area contributed by atoms with E-state index >= 15 is 0 Å². The monoisotopic (exact) mass is 235 g/mol. The van der Waals surface area contributed by atoms with Gasteiger partial charge >= 0.3 is 0 Å². The lowest BCUT2D eigenvalue weighted by Gasteiger charge is -2.01. The van der Waals surface area contributed by atoms with E-state index in [-0.39, 0.29) is 5.91 Å². The van der Waals surface area contributed by atoms with Crippen LogP contribution in [-0.4, -0.2) is 22.4 Å². The maximum atomic E-state index is 11.4. The molecule has 17 heavy (non-hydrogen) atoms. The van der Waals surface area contributed by atoms with Crippen molar-refractivity contribution in [1.29, 1.82) is 0 Å². The molecule has 0 saturated carbocycles. The summed E-state index contributed by atoms with van der Waals surface area (Å²) in [6.07, 6.45) is 12.6. The molecule has 1 rings (SSSR count). The van der Waals surface area contributed by atoms with E-state index in [2.05, 4.69) is 22.2 Å². The third-order valence-corrected chi connectivity index (χ3v) is 2.51. The molecule has 1 aromatic rings. The van der Waals surface area contributed by atoms with Gasteiger partial charge < -0.3 is 10.3 Å². The fourth-order valence-electron chi connectivity index (χ4n) is 1.52. The van der Waals surface area contributed by atoms with Crippen LogP contribution in [0.25, 0.3) is 6.08 Å². The molecule has 4 heteroatoms. The molecule has 0 bridgehead atoms. The smallest absolute Gasteiger partial charge is 0.244 e. The van der Waals surface area contributed by atoms with Gasteiger partial charge in [0, 0.05) is 12.6 Å². The molecule has 0 radical (unpaired) electrons. The van der Waals surface area contributed by atoms with Crippen molar-refractivity contribution in [2.45, 2.75) is 39.0 Å². The van der Waals surface area contributed by atoms with E-state index < -0.39 is 0 Å². The van der Waals surface area contributed by atoms with Crippen LogP contribution in [0, 0.1) is 0 Å². The number of nitrogens with one attached hydrogen (secondary N) is 2. The second kappa shape index (κ2) is 8.56. The first-order chi connectivity index (χ1) is 8.33. The van der Waals surface area contributed by atoms with Gasteiger partial charge in [-0.3, -0.25) is 4.79 Å². The number of aromatic nitrogens is 2. The molecule has 1 heterocycles. The summed E-state index contributed by atoms with van der Waals surface area (Å²) in [6, 6.07) is 0. The number of rotatable bonds is 8. The lowest BCUT2D eigenvalue weighted by molar-refractivity contribution is -0.116. The van der Waals surface area contributed by atoms with Crippen molar-refractivity contribution in [3.63, 3.8) is 0 Å². The van der Waals surface area contributed by atoms with Gasteiger partial charge in [-0.15, -0.1) is 0 Å². The normalized spacial score (nSPS) is 10.9. The third kappa shape index (κ3) is 6.56. The second-order valence-corrected chi connectivity index (χ2v) is 4.05. The van der Waals surface area contributed by atoms with Crippen molar-refractivity contribution in [3.8, 4) is 0 Å². The predicted molar refractivity (Wildman–Crippen MR) is 69.4 cm³/mol. The summed E-state index contributed by atoms with van der Waals surface area (Å²) in [7, 11) is 0. The van der Waals surface area contributed by atoms with Crippen molar-refractivity contribution in [3.05, 3.63) is 24.3 Å². The molecule has 4 nitrogen and oxygen atoms in total. The van der Waals surface area contributed by atoms with Gasteiger partial charge in [0.05, 0.1) is 18.2 Å². The molecule has 0 aliphatic rings. The Kier molecular flexibility index (Phi) is 6.79. The van der Waals surface area contributed by atoms with Crippen LogP contribution in [0.2, 0.25) is 0 Å². The number of carbonyl (C=O) groups is 1. The highest BCUT2D eigenvalue weighted by molar-refractivity contribution is 5.91. The van der Waals surface area contributed by atoms with Gasteiger partial charge in [-0.25, -0.2) is 4.98 Å². The highest BCUT2D eigenvalue weighted by Gasteiger charge is 1.95. The SMILES string of the molecule is CCCCCCCNC(=O)C=Cc1cnc[nH]1. The fraction of sp³-hybridized carbons (Fsp3) is 0.538. The molecule has 2 N–H and O–H groups in total. The van der Waals surface area contributed by atoms with E-state index in [1.54, 1.807) is 18.6 Å². The summed E-state index contributed by atoms with van der Waals surface area (Å²) in [5.41, 5.74) is 0.836. The van der Waals surface area contributed by atoms with E-state index in [0.29, 0.717) is 0 Å². The molecule has 0 unspecified atom stereocenters. The van der Waals surface area contributed by atoms with Crippen LogP contribution in [0.1, 0.15) is 44.7 Å². The summed E-state index contributed by atoms with van der Waals surface area (Å²) < 4.78 is 0. The Morgan fingerprint density at radius 3 is 2.94 bits per heavy atom. The number of nitrogens with zero attached hydrogens (tertiary/aromatic N) is 1. The van der Waals surface area contributed by atoms with Crippen LogP contribution < -0.4 is 5.32 Å². The Bertz CT molecular complexity index is 330. The van der Waals surface area contributed by atoms with Gasteiger partial charge in [0.15, 0.2) is 0 Å². The lowest BCUT2D eigenvalue weighted by atomic mass is 10.1. The molecule has 0 spiro atoms. The average Bonchev–Trinajstić information content (AvgIpc) is 2.84. The zero-order valence-corrected chi connectivity index (χ0v) is 10.4. The Labute approximate surface area is 103 Å². The molecule has 0 atom stereocenters. The van der Waals surface area contributed by atoms with Gasteiger partial charge in [-0.05, 0) is 12.5 Å². The first-order valence-electron chi connectivity index (χ1n) is 6.27. The number of amides is 1. The maximum absolute atomic E-state index is 11.4. The summed E-state index contributed by atoms with van der Waals surface area (Å²) >= 11 is 0. The largest absolute Gasteiger partial charge is 0.353 e. The van der Waals surface area contributed by atoms with Gasteiger partial charge in [0.1, 0.15) is 0 Å². The maximum Gasteiger partial charge on any atom is 0.244 e. The highest BCUT2D eigenvalue weighted by atomic mass is 16.1. The number of hydrogen-bond acceptors (Lipinski definition) is 2. The molecular weight excluding hydrogens is 214 g/mol. The van der Waals surface area contributed by atoms with Crippen LogP contribution >= 0.6 is 0 Å². The van der Waals surface area contributed by atoms with Crippen LogP contribution in [0.4, 0.5) is 0 Å². The first kappa shape index (κ1) is 13.5. The minimum absolute atomic E-state index is 0.0462. The minimum atomic E-state index is -0.0462. The summed E-state index contributed by atoms with van der Waals surface area (Å²) in [6.45, 7) is 2.96. The Hall–Kier alpha value is -1.58. The first-order valence-corrected chi connectivity index (χ1v) is 6.27. The van der Waals surface area contributed by atoms with E-state index in [1.165, 1.54) is 31.8 Å². The molecule has 0 saturated heterocycles. The van der Waals surface area contributed by atoms with Crippen molar-refractivity contribution in [1.82, 2.24) is 15.3 Å². The quantitative estimate of drug-likeness (QED) is 0.537. The predicted octanol–water partition coefficient (Wildman–Crippen LogP) is 2.51.